The molecule has 0 spiro atoms. The van der Waals surface area contributed by atoms with E-state index in [1.54, 1.807) is 43.3 Å². The van der Waals surface area contributed by atoms with Crippen molar-refractivity contribution in [1.29, 1.82) is 0 Å². The molecule has 0 bridgehead atoms. The number of carbonyl (C=O) groups is 3. The number of benzene rings is 3. The Bertz CT molecular complexity index is 1820. The third-order valence-corrected chi connectivity index (χ3v) is 10.2. The fourth-order valence-electron chi connectivity index (χ4n) is 6.33. The number of likely N-dealkylation sites (tertiary alicyclic amines) is 1. The van der Waals surface area contributed by atoms with Crippen LogP contribution < -0.4 is 18.5 Å². The zero-order valence-electron chi connectivity index (χ0n) is 26.1. The van der Waals surface area contributed by atoms with Gasteiger partial charge in [-0.05, 0) is 36.4 Å². The Morgan fingerprint density at radius 2 is 1.63 bits per heavy atom. The Morgan fingerprint density at radius 3 is 2.26 bits per heavy atom. The van der Waals surface area contributed by atoms with Crippen LogP contribution in [0, 0.1) is 0 Å². The third kappa shape index (κ3) is 5.21. The highest BCUT2D eigenvalue weighted by Crippen LogP contribution is 2.55. The summed E-state index contributed by atoms with van der Waals surface area (Å²) in [6.45, 7) is 1.17. The van der Waals surface area contributed by atoms with Gasteiger partial charge in [0.25, 0.3) is 15.9 Å². The first-order chi connectivity index (χ1) is 21.8. The van der Waals surface area contributed by atoms with Crippen molar-refractivity contribution in [1.82, 2.24) is 9.80 Å². The number of anilines is 1. The molecule has 3 atom stereocenters. The number of hydrogen-bond acceptors (Lipinski definition) is 10. The Hall–Kier alpha value is -4.33. The van der Waals surface area contributed by atoms with Crippen LogP contribution in [0.15, 0.2) is 65.6 Å². The number of amides is 2. The number of para-hydroxylation sites is 1. The molecule has 2 aliphatic rings. The minimum atomic E-state index is -4.68. The van der Waals surface area contributed by atoms with Crippen molar-refractivity contribution < 1.29 is 41.7 Å². The van der Waals surface area contributed by atoms with Crippen molar-refractivity contribution in [3.63, 3.8) is 0 Å². The standard InChI is InChI=1S/C32H34ClN3O9S/c1-19(37)45-22-16-26(30(38)34(2)3)35(18-22)32(23-9-7-8-10-27(23)43-5)24-15-20(33)11-13-25(24)36(31(32)39)46(40,41)29-14-12-21(42-4)17-28(29)44-6/h7-15,17,22,26H,16,18H2,1-6H3/t22?,26?,32-/m0/s1. The summed E-state index contributed by atoms with van der Waals surface area (Å²) in [5.74, 6) is -1.29. The summed E-state index contributed by atoms with van der Waals surface area (Å²) in [5, 5.41) is 0.221. The van der Waals surface area contributed by atoms with Crippen LogP contribution in [0.1, 0.15) is 24.5 Å². The van der Waals surface area contributed by atoms with Crippen molar-refractivity contribution in [2.24, 2.45) is 0 Å². The highest BCUT2D eigenvalue weighted by molar-refractivity contribution is 7.93. The molecule has 0 radical (unpaired) electrons. The lowest BCUT2D eigenvalue weighted by molar-refractivity contribution is -0.146. The summed E-state index contributed by atoms with van der Waals surface area (Å²) in [5.41, 5.74) is -1.49. The van der Waals surface area contributed by atoms with Gasteiger partial charge in [0.1, 0.15) is 28.2 Å². The molecule has 2 aliphatic heterocycles. The molecule has 0 N–H and O–H groups in total. The molecule has 1 fully saturated rings. The van der Waals surface area contributed by atoms with Gasteiger partial charge in [-0.3, -0.25) is 19.3 Å². The lowest BCUT2D eigenvalue weighted by atomic mass is 9.80. The third-order valence-electron chi connectivity index (χ3n) is 8.20. The van der Waals surface area contributed by atoms with Crippen LogP contribution in [0.2, 0.25) is 5.02 Å². The maximum atomic E-state index is 15.4. The molecule has 2 amide bonds. The number of esters is 1. The van der Waals surface area contributed by atoms with E-state index >= 15 is 4.79 Å². The molecular weight excluding hydrogens is 638 g/mol. The average molecular weight is 672 g/mol. The lowest BCUT2D eigenvalue weighted by Crippen LogP contribution is -2.59. The van der Waals surface area contributed by atoms with E-state index < -0.39 is 39.6 Å². The van der Waals surface area contributed by atoms with E-state index in [1.165, 1.54) is 69.6 Å². The number of carbonyl (C=O) groups excluding carboxylic acids is 3. The number of fused-ring (bicyclic) bond motifs is 1. The normalized spacial score (nSPS) is 21.1. The van der Waals surface area contributed by atoms with Gasteiger partial charge in [0.05, 0.1) is 33.1 Å². The predicted octanol–water partition coefficient (Wildman–Crippen LogP) is 3.44. The molecule has 3 aromatic rings. The number of sulfonamides is 1. The lowest BCUT2D eigenvalue weighted by Gasteiger charge is -2.42. The predicted molar refractivity (Wildman–Crippen MR) is 169 cm³/mol. The number of nitrogens with zero attached hydrogens (tertiary/aromatic N) is 3. The number of methoxy groups -OCH3 is 3. The van der Waals surface area contributed by atoms with Crippen LogP contribution in [0.3, 0.4) is 0 Å². The van der Waals surface area contributed by atoms with Gasteiger partial charge < -0.3 is 23.8 Å². The Morgan fingerprint density at radius 1 is 0.935 bits per heavy atom. The molecule has 2 heterocycles. The van der Waals surface area contributed by atoms with Crippen LogP contribution in [-0.4, -0.2) is 90.1 Å². The molecule has 1 saturated heterocycles. The summed E-state index contributed by atoms with van der Waals surface area (Å²) in [6.07, 6.45) is -0.740. The van der Waals surface area contributed by atoms with Gasteiger partial charge in [-0.1, -0.05) is 29.8 Å². The fourth-order valence-corrected chi connectivity index (χ4v) is 8.10. The van der Waals surface area contributed by atoms with E-state index in [2.05, 4.69) is 0 Å². The highest BCUT2D eigenvalue weighted by Gasteiger charge is 2.64. The molecule has 2 unspecified atom stereocenters. The van der Waals surface area contributed by atoms with Gasteiger partial charge in [0.15, 0.2) is 5.54 Å². The zero-order valence-corrected chi connectivity index (χ0v) is 27.7. The van der Waals surface area contributed by atoms with Gasteiger partial charge in [-0.15, -0.1) is 0 Å². The first-order valence-corrected chi connectivity index (χ1v) is 16.0. The fraction of sp³-hybridized carbons (Fsp3) is 0.344. The molecular formula is C32H34ClN3O9S. The van der Waals surface area contributed by atoms with E-state index in [4.69, 9.17) is 30.5 Å². The number of hydrogen-bond donors (Lipinski definition) is 0. The maximum Gasteiger partial charge on any atom is 0.302 e. The van der Waals surface area contributed by atoms with E-state index in [1.807, 2.05) is 0 Å². The van der Waals surface area contributed by atoms with Gasteiger partial charge in [-0.25, -0.2) is 12.7 Å². The van der Waals surface area contributed by atoms with Crippen molar-refractivity contribution in [3.05, 3.63) is 76.8 Å². The van der Waals surface area contributed by atoms with Gasteiger partial charge in [0, 0.05) is 56.2 Å². The Kier molecular flexibility index (Phi) is 8.95. The maximum absolute atomic E-state index is 15.4. The molecule has 0 aromatic heterocycles. The number of ether oxygens (including phenoxy) is 4. The quantitative estimate of drug-likeness (QED) is 0.312. The summed E-state index contributed by atoms with van der Waals surface area (Å²) < 4.78 is 52.0. The van der Waals surface area contributed by atoms with E-state index in [0.29, 0.717) is 10.1 Å². The first kappa shape index (κ1) is 33.0. The smallest absolute Gasteiger partial charge is 0.302 e. The number of halogens is 1. The Balaban J connectivity index is 1.86. The first-order valence-electron chi connectivity index (χ1n) is 14.2. The minimum absolute atomic E-state index is 0.0187. The average Bonchev–Trinajstić information content (AvgIpc) is 3.55. The van der Waals surface area contributed by atoms with Gasteiger partial charge >= 0.3 is 5.97 Å². The summed E-state index contributed by atoms with van der Waals surface area (Å²) in [6, 6.07) is 14.2. The van der Waals surface area contributed by atoms with E-state index in [-0.39, 0.29) is 57.1 Å². The Labute approximate surface area is 272 Å². The van der Waals surface area contributed by atoms with Crippen LogP contribution in [0.25, 0.3) is 0 Å². The van der Waals surface area contributed by atoms with Gasteiger partial charge in [0.2, 0.25) is 5.91 Å². The summed E-state index contributed by atoms with van der Waals surface area (Å²) in [4.78, 5) is 44.0. The minimum Gasteiger partial charge on any atom is -0.497 e. The van der Waals surface area contributed by atoms with Crippen LogP contribution in [0.5, 0.6) is 17.2 Å². The van der Waals surface area contributed by atoms with Crippen LogP contribution >= 0.6 is 11.6 Å². The van der Waals surface area contributed by atoms with Crippen molar-refractivity contribution >= 4 is 45.1 Å². The molecule has 5 rings (SSSR count). The van der Waals surface area contributed by atoms with Crippen molar-refractivity contribution in [3.8, 4) is 17.2 Å². The van der Waals surface area contributed by atoms with Crippen LogP contribution in [-0.2, 0) is 34.7 Å². The highest BCUT2D eigenvalue weighted by atomic mass is 35.5. The molecule has 3 aromatic carbocycles. The molecule has 0 aliphatic carbocycles. The summed E-state index contributed by atoms with van der Waals surface area (Å²) in [7, 11) is 2.63. The largest absolute Gasteiger partial charge is 0.497 e. The zero-order chi connectivity index (χ0) is 33.6. The van der Waals surface area contributed by atoms with Crippen molar-refractivity contribution in [2.45, 2.75) is 35.9 Å². The summed E-state index contributed by atoms with van der Waals surface area (Å²) >= 11 is 6.57. The second-order valence-electron chi connectivity index (χ2n) is 11.0. The van der Waals surface area contributed by atoms with Gasteiger partial charge in [-0.2, -0.15) is 0 Å². The van der Waals surface area contributed by atoms with E-state index in [9.17, 15) is 18.0 Å². The molecule has 14 heteroatoms. The van der Waals surface area contributed by atoms with E-state index in [0.717, 1.165) is 0 Å². The molecule has 244 valence electrons. The molecule has 46 heavy (non-hydrogen) atoms. The number of rotatable bonds is 9. The molecule has 0 saturated carbocycles. The number of likely N-dealkylation sites (N-methyl/N-ethyl adjacent to an activating group) is 1. The van der Waals surface area contributed by atoms with Crippen LogP contribution in [0.4, 0.5) is 5.69 Å². The second kappa shape index (κ2) is 12.5. The molecule has 12 nitrogen and oxygen atoms in total. The topological polar surface area (TPSA) is 132 Å². The monoisotopic (exact) mass is 671 g/mol. The SMILES string of the molecule is COc1ccc(S(=O)(=O)N2C(=O)[C@@](c3ccccc3OC)(N3CC(OC(C)=O)CC3C(=O)N(C)C)c3cc(Cl)ccc32)c(OC)c1. The second-order valence-corrected chi connectivity index (χ2v) is 13.2. The van der Waals surface area contributed by atoms with Crippen molar-refractivity contribution in [2.75, 3.05) is 46.3 Å².